The number of nitrogens with two attached hydrogens (primary N) is 1. The summed E-state index contributed by atoms with van der Waals surface area (Å²) in [7, 11) is 0. The first-order valence-corrected chi connectivity index (χ1v) is 6.30. The van der Waals surface area contributed by atoms with Crippen molar-refractivity contribution in [2.75, 3.05) is 5.32 Å². The molecule has 0 radical (unpaired) electrons. The van der Waals surface area contributed by atoms with E-state index in [0.717, 1.165) is 0 Å². The van der Waals surface area contributed by atoms with Crippen molar-refractivity contribution in [2.45, 2.75) is 13.8 Å². The van der Waals surface area contributed by atoms with Crippen LogP contribution in [0.2, 0.25) is 0 Å². The number of halogens is 2. The number of aromatic nitrogens is 1. The first-order valence-electron chi connectivity index (χ1n) is 5.89. The maximum Gasteiger partial charge on any atom is 0.149 e. The third-order valence-electron chi connectivity index (χ3n) is 2.80. The third kappa shape index (κ3) is 2.75. The number of thiocarbonyl (C=S) groups is 1. The van der Waals surface area contributed by atoms with E-state index in [2.05, 4.69) is 10.3 Å². The number of hydrogen-bond acceptors (Lipinski definition) is 3. The Labute approximate surface area is 120 Å². The van der Waals surface area contributed by atoms with E-state index in [1.54, 1.807) is 19.9 Å². The molecule has 0 aliphatic carbocycles. The monoisotopic (exact) mass is 293 g/mol. The Morgan fingerprint density at radius 2 is 1.85 bits per heavy atom. The molecule has 0 saturated carbocycles. The number of para-hydroxylation sites is 1. The number of anilines is 2. The molecule has 0 fully saturated rings. The summed E-state index contributed by atoms with van der Waals surface area (Å²) in [6.07, 6.45) is 0. The summed E-state index contributed by atoms with van der Waals surface area (Å²) in [6.45, 7) is 3.52. The number of rotatable bonds is 3. The van der Waals surface area contributed by atoms with Crippen molar-refractivity contribution in [3.63, 3.8) is 0 Å². The summed E-state index contributed by atoms with van der Waals surface area (Å²) >= 11 is 4.97. The van der Waals surface area contributed by atoms with Gasteiger partial charge < -0.3 is 11.1 Å². The van der Waals surface area contributed by atoms with Gasteiger partial charge in [0.15, 0.2) is 0 Å². The molecular weight excluding hydrogens is 280 g/mol. The first-order chi connectivity index (χ1) is 9.40. The number of benzene rings is 1. The normalized spacial score (nSPS) is 10.4. The highest BCUT2D eigenvalue weighted by Gasteiger charge is 2.15. The molecular formula is C14H13F2N3S. The zero-order valence-corrected chi connectivity index (χ0v) is 11.8. The highest BCUT2D eigenvalue weighted by atomic mass is 32.1. The van der Waals surface area contributed by atoms with E-state index in [4.69, 9.17) is 18.0 Å². The van der Waals surface area contributed by atoms with E-state index in [0.29, 0.717) is 22.6 Å². The van der Waals surface area contributed by atoms with Gasteiger partial charge in [-0.1, -0.05) is 18.3 Å². The maximum atomic E-state index is 13.7. The highest BCUT2D eigenvalue weighted by molar-refractivity contribution is 7.80. The van der Waals surface area contributed by atoms with Crippen LogP contribution in [0.1, 0.15) is 17.0 Å². The van der Waals surface area contributed by atoms with Crippen LogP contribution in [0.15, 0.2) is 24.3 Å². The molecule has 1 aromatic heterocycles. The molecule has 104 valence electrons. The Hall–Kier alpha value is -2.08. The molecule has 3 N–H and O–H groups in total. The lowest BCUT2D eigenvalue weighted by atomic mass is 10.1. The van der Waals surface area contributed by atoms with Crippen LogP contribution in [0.4, 0.5) is 20.2 Å². The molecule has 1 heterocycles. The Bertz CT molecular complexity index is 666. The molecule has 3 nitrogen and oxygen atoms in total. The fourth-order valence-corrected chi connectivity index (χ4v) is 2.25. The van der Waals surface area contributed by atoms with E-state index in [9.17, 15) is 8.78 Å². The van der Waals surface area contributed by atoms with Gasteiger partial charge in [0.2, 0.25) is 0 Å². The molecule has 0 amide bonds. The molecule has 1 aromatic carbocycles. The quantitative estimate of drug-likeness (QED) is 0.852. The molecule has 0 unspecified atom stereocenters. The number of nitrogens with zero attached hydrogens (tertiary/aromatic N) is 1. The lowest BCUT2D eigenvalue weighted by Crippen LogP contribution is -2.15. The standard InChI is InChI=1S/C14H13F2N3S/c1-7-6-11(12(14(17)20)8(2)18-7)19-13-9(15)4-3-5-10(13)16/h3-6H,1-2H3,(H2,17,20)(H,18,19). The van der Waals surface area contributed by atoms with Crippen LogP contribution in [0.5, 0.6) is 0 Å². The third-order valence-corrected chi connectivity index (χ3v) is 3.00. The van der Waals surface area contributed by atoms with Gasteiger partial charge in [-0.05, 0) is 32.0 Å². The average molecular weight is 293 g/mol. The van der Waals surface area contributed by atoms with Crippen molar-refractivity contribution in [3.05, 3.63) is 52.9 Å². The second kappa shape index (κ2) is 5.50. The molecule has 2 rings (SSSR count). The molecule has 0 atom stereocenters. The molecule has 0 saturated heterocycles. The van der Waals surface area contributed by atoms with Gasteiger partial charge in [-0.15, -0.1) is 0 Å². The van der Waals surface area contributed by atoms with Gasteiger partial charge >= 0.3 is 0 Å². The van der Waals surface area contributed by atoms with E-state index >= 15 is 0 Å². The van der Waals surface area contributed by atoms with Gasteiger partial charge in [-0.3, -0.25) is 4.98 Å². The maximum absolute atomic E-state index is 13.7. The van der Waals surface area contributed by atoms with Crippen molar-refractivity contribution in [3.8, 4) is 0 Å². The molecule has 0 spiro atoms. The van der Waals surface area contributed by atoms with Crippen LogP contribution in [0.3, 0.4) is 0 Å². The molecule has 0 bridgehead atoms. The van der Waals surface area contributed by atoms with Gasteiger partial charge in [0, 0.05) is 11.4 Å². The molecule has 0 aliphatic heterocycles. The summed E-state index contributed by atoms with van der Waals surface area (Å²) < 4.78 is 27.4. The Morgan fingerprint density at radius 3 is 2.40 bits per heavy atom. The van der Waals surface area contributed by atoms with E-state index in [1.807, 2.05) is 0 Å². The van der Waals surface area contributed by atoms with Crippen LogP contribution in [-0.2, 0) is 0 Å². The number of hydrogen-bond donors (Lipinski definition) is 2. The number of nitrogens with one attached hydrogen (secondary N) is 1. The Kier molecular flexibility index (Phi) is 3.94. The summed E-state index contributed by atoms with van der Waals surface area (Å²) in [4.78, 5) is 4.37. The molecule has 0 aliphatic rings. The fraction of sp³-hybridized carbons (Fsp3) is 0.143. The summed E-state index contributed by atoms with van der Waals surface area (Å²) in [6, 6.07) is 5.29. The highest BCUT2D eigenvalue weighted by Crippen LogP contribution is 2.27. The van der Waals surface area contributed by atoms with Gasteiger partial charge in [0.05, 0.1) is 11.3 Å². The Balaban J connectivity index is 2.56. The molecule has 2 aromatic rings. The lowest BCUT2D eigenvalue weighted by molar-refractivity contribution is 0.591. The molecule has 20 heavy (non-hydrogen) atoms. The zero-order valence-electron chi connectivity index (χ0n) is 11.0. The molecule has 6 heteroatoms. The predicted octanol–water partition coefficient (Wildman–Crippen LogP) is 3.35. The largest absolute Gasteiger partial charge is 0.389 e. The smallest absolute Gasteiger partial charge is 0.149 e. The van der Waals surface area contributed by atoms with E-state index < -0.39 is 11.6 Å². The zero-order chi connectivity index (χ0) is 14.9. The minimum Gasteiger partial charge on any atom is -0.389 e. The van der Waals surface area contributed by atoms with Crippen molar-refractivity contribution in [1.82, 2.24) is 4.98 Å². The van der Waals surface area contributed by atoms with Crippen molar-refractivity contribution in [2.24, 2.45) is 5.73 Å². The average Bonchev–Trinajstić information content (AvgIpc) is 2.32. The lowest BCUT2D eigenvalue weighted by Gasteiger charge is -2.15. The van der Waals surface area contributed by atoms with Crippen LogP contribution >= 0.6 is 12.2 Å². The summed E-state index contributed by atoms with van der Waals surface area (Å²) in [5.41, 5.74) is 7.64. The summed E-state index contributed by atoms with van der Waals surface area (Å²) in [5.74, 6) is -1.38. The van der Waals surface area contributed by atoms with Crippen molar-refractivity contribution in [1.29, 1.82) is 0 Å². The SMILES string of the molecule is Cc1cc(Nc2c(F)cccc2F)c(C(N)=S)c(C)n1. The predicted molar refractivity (Wildman–Crippen MR) is 79.2 cm³/mol. The minimum atomic E-state index is -0.689. The van der Waals surface area contributed by atoms with Crippen molar-refractivity contribution < 1.29 is 8.78 Å². The van der Waals surface area contributed by atoms with Gasteiger partial charge in [-0.2, -0.15) is 0 Å². The van der Waals surface area contributed by atoms with Crippen LogP contribution in [0.25, 0.3) is 0 Å². The van der Waals surface area contributed by atoms with Gasteiger partial charge in [0.1, 0.15) is 22.3 Å². The van der Waals surface area contributed by atoms with Gasteiger partial charge in [0.25, 0.3) is 0 Å². The second-order valence-electron chi connectivity index (χ2n) is 4.36. The van der Waals surface area contributed by atoms with Crippen molar-refractivity contribution >= 4 is 28.6 Å². The minimum absolute atomic E-state index is 0.120. The van der Waals surface area contributed by atoms with Crippen LogP contribution in [0, 0.1) is 25.5 Å². The fourth-order valence-electron chi connectivity index (χ4n) is 1.99. The number of aryl methyl sites for hydroxylation is 2. The van der Waals surface area contributed by atoms with E-state index in [-0.39, 0.29) is 10.7 Å². The van der Waals surface area contributed by atoms with Gasteiger partial charge in [-0.25, -0.2) is 8.78 Å². The summed E-state index contributed by atoms with van der Waals surface area (Å²) in [5, 5.41) is 2.71. The Morgan fingerprint density at radius 1 is 1.25 bits per heavy atom. The van der Waals surface area contributed by atoms with E-state index in [1.165, 1.54) is 18.2 Å². The topological polar surface area (TPSA) is 50.9 Å². The van der Waals surface area contributed by atoms with Crippen LogP contribution in [-0.4, -0.2) is 9.97 Å². The van der Waals surface area contributed by atoms with Crippen LogP contribution < -0.4 is 11.1 Å². The number of pyridine rings is 1. The first kappa shape index (κ1) is 14.3. The second-order valence-corrected chi connectivity index (χ2v) is 4.80.